The molecule has 1 aromatic heterocycles. The van der Waals surface area contributed by atoms with Crippen molar-refractivity contribution >= 4 is 5.82 Å². The zero-order valence-corrected chi connectivity index (χ0v) is 12.7. The van der Waals surface area contributed by atoms with Gasteiger partial charge >= 0.3 is 6.18 Å². The third kappa shape index (κ3) is 3.30. The minimum atomic E-state index is -4.45. The van der Waals surface area contributed by atoms with Crippen LogP contribution in [0.25, 0.3) is 11.4 Å². The third-order valence-corrected chi connectivity index (χ3v) is 4.19. The van der Waals surface area contributed by atoms with Crippen molar-refractivity contribution in [1.82, 2.24) is 9.97 Å². The summed E-state index contributed by atoms with van der Waals surface area (Å²) in [4.78, 5) is 8.60. The number of hydrogen-bond donors (Lipinski definition) is 1. The molecule has 0 saturated heterocycles. The number of aryl methyl sites for hydroxylation is 1. The van der Waals surface area contributed by atoms with Gasteiger partial charge in [-0.15, -0.1) is 0 Å². The SMILES string of the molecule is Nc1nc(-c2ccccc2C(F)(F)F)nc2c1CCCCCC2. The Bertz CT molecular complexity index is 711. The molecule has 0 unspecified atom stereocenters. The lowest BCUT2D eigenvalue weighted by Crippen LogP contribution is -2.12. The van der Waals surface area contributed by atoms with Crippen LogP contribution in [0.4, 0.5) is 19.0 Å². The average molecular weight is 321 g/mol. The molecule has 6 heteroatoms. The van der Waals surface area contributed by atoms with Crippen molar-refractivity contribution in [2.75, 3.05) is 5.73 Å². The molecule has 3 rings (SSSR count). The zero-order chi connectivity index (χ0) is 16.4. The molecule has 1 heterocycles. The van der Waals surface area contributed by atoms with Gasteiger partial charge in [-0.3, -0.25) is 0 Å². The quantitative estimate of drug-likeness (QED) is 0.847. The van der Waals surface area contributed by atoms with Gasteiger partial charge < -0.3 is 5.73 Å². The molecule has 0 bridgehead atoms. The zero-order valence-electron chi connectivity index (χ0n) is 12.7. The van der Waals surface area contributed by atoms with Crippen LogP contribution in [-0.2, 0) is 19.0 Å². The van der Waals surface area contributed by atoms with E-state index in [1.54, 1.807) is 6.07 Å². The monoisotopic (exact) mass is 321 g/mol. The Labute approximate surface area is 132 Å². The summed E-state index contributed by atoms with van der Waals surface area (Å²) in [5.41, 5.74) is 6.97. The Hall–Kier alpha value is -2.11. The first-order chi connectivity index (χ1) is 11.0. The highest BCUT2D eigenvalue weighted by atomic mass is 19.4. The van der Waals surface area contributed by atoms with Crippen LogP contribution in [0.1, 0.15) is 42.5 Å². The Morgan fingerprint density at radius 2 is 1.61 bits per heavy atom. The molecule has 0 radical (unpaired) electrons. The molecule has 1 aromatic carbocycles. The fraction of sp³-hybridized carbons (Fsp3) is 0.412. The Morgan fingerprint density at radius 1 is 0.913 bits per heavy atom. The van der Waals surface area contributed by atoms with Crippen molar-refractivity contribution < 1.29 is 13.2 Å². The fourth-order valence-corrected chi connectivity index (χ4v) is 3.02. The van der Waals surface area contributed by atoms with E-state index in [1.165, 1.54) is 12.1 Å². The number of nitrogens with two attached hydrogens (primary N) is 1. The van der Waals surface area contributed by atoms with Gasteiger partial charge in [0.05, 0.1) is 5.56 Å². The first-order valence-electron chi connectivity index (χ1n) is 7.78. The molecule has 1 aliphatic carbocycles. The van der Waals surface area contributed by atoms with Crippen molar-refractivity contribution in [3.8, 4) is 11.4 Å². The summed E-state index contributed by atoms with van der Waals surface area (Å²) >= 11 is 0. The van der Waals surface area contributed by atoms with Crippen LogP contribution in [0.15, 0.2) is 24.3 Å². The largest absolute Gasteiger partial charge is 0.417 e. The molecule has 0 fully saturated rings. The van der Waals surface area contributed by atoms with Crippen molar-refractivity contribution in [1.29, 1.82) is 0 Å². The number of fused-ring (bicyclic) bond motifs is 1. The number of nitrogen functional groups attached to an aromatic ring is 1. The van der Waals surface area contributed by atoms with Crippen LogP contribution in [0, 0.1) is 0 Å². The first kappa shape index (κ1) is 15.8. The number of rotatable bonds is 1. The van der Waals surface area contributed by atoms with Crippen molar-refractivity contribution in [3.05, 3.63) is 41.1 Å². The van der Waals surface area contributed by atoms with E-state index >= 15 is 0 Å². The molecule has 0 atom stereocenters. The van der Waals surface area contributed by atoms with Crippen LogP contribution in [-0.4, -0.2) is 9.97 Å². The second-order valence-electron chi connectivity index (χ2n) is 5.82. The molecule has 2 aromatic rings. The number of halogens is 3. The topological polar surface area (TPSA) is 51.8 Å². The van der Waals surface area contributed by atoms with Crippen LogP contribution < -0.4 is 5.73 Å². The van der Waals surface area contributed by atoms with Gasteiger partial charge in [0.15, 0.2) is 5.82 Å². The standard InChI is InChI=1S/C17H18F3N3/c18-17(19,20)13-9-6-5-7-11(13)16-22-14-10-4-2-1-3-8-12(14)15(21)23-16/h5-7,9H,1-4,8,10H2,(H2,21,22,23). The summed E-state index contributed by atoms with van der Waals surface area (Å²) in [6, 6.07) is 5.36. The first-order valence-corrected chi connectivity index (χ1v) is 7.78. The van der Waals surface area contributed by atoms with Crippen molar-refractivity contribution in [2.45, 2.75) is 44.7 Å². The molecular formula is C17H18F3N3. The molecule has 3 nitrogen and oxygen atoms in total. The second-order valence-corrected chi connectivity index (χ2v) is 5.82. The van der Waals surface area contributed by atoms with Crippen molar-refractivity contribution in [3.63, 3.8) is 0 Å². The van der Waals surface area contributed by atoms with Gasteiger partial charge in [-0.25, -0.2) is 9.97 Å². The normalized spacial score (nSPS) is 15.6. The number of hydrogen-bond acceptors (Lipinski definition) is 3. The lowest BCUT2D eigenvalue weighted by atomic mass is 9.97. The number of anilines is 1. The summed E-state index contributed by atoms with van der Waals surface area (Å²) in [6.07, 6.45) is 1.32. The molecule has 0 amide bonds. The van der Waals surface area contributed by atoms with E-state index < -0.39 is 11.7 Å². The highest BCUT2D eigenvalue weighted by Crippen LogP contribution is 2.36. The van der Waals surface area contributed by atoms with E-state index in [-0.39, 0.29) is 11.4 Å². The predicted molar refractivity (Wildman–Crippen MR) is 82.8 cm³/mol. The molecule has 0 saturated carbocycles. The van der Waals surface area contributed by atoms with Crippen LogP contribution in [0.2, 0.25) is 0 Å². The summed E-state index contributed by atoms with van der Waals surface area (Å²) in [5.74, 6) is 0.374. The van der Waals surface area contributed by atoms with Gasteiger partial charge in [-0.05, 0) is 31.7 Å². The Balaban J connectivity index is 2.12. The highest BCUT2D eigenvalue weighted by molar-refractivity contribution is 5.63. The fourth-order valence-electron chi connectivity index (χ4n) is 3.02. The molecular weight excluding hydrogens is 303 g/mol. The minimum Gasteiger partial charge on any atom is -0.383 e. The maximum Gasteiger partial charge on any atom is 0.417 e. The van der Waals surface area contributed by atoms with E-state index in [0.717, 1.165) is 55.8 Å². The number of alkyl halides is 3. The molecule has 2 N–H and O–H groups in total. The minimum absolute atomic E-state index is 0.0171. The Morgan fingerprint density at radius 3 is 2.35 bits per heavy atom. The van der Waals surface area contributed by atoms with Crippen LogP contribution in [0.3, 0.4) is 0 Å². The number of nitrogens with zero attached hydrogens (tertiary/aromatic N) is 2. The lowest BCUT2D eigenvalue weighted by Gasteiger charge is -2.17. The van der Waals surface area contributed by atoms with Gasteiger partial charge in [0.1, 0.15) is 5.82 Å². The maximum absolute atomic E-state index is 13.2. The average Bonchev–Trinajstić information content (AvgIpc) is 2.47. The van der Waals surface area contributed by atoms with E-state index in [2.05, 4.69) is 9.97 Å². The molecule has 1 aliphatic rings. The van der Waals surface area contributed by atoms with E-state index in [4.69, 9.17) is 5.73 Å². The van der Waals surface area contributed by atoms with Gasteiger partial charge in [0.25, 0.3) is 0 Å². The van der Waals surface area contributed by atoms with Gasteiger partial charge in [-0.1, -0.05) is 31.0 Å². The number of benzene rings is 1. The maximum atomic E-state index is 13.2. The summed E-state index contributed by atoms with van der Waals surface area (Å²) in [5, 5.41) is 0. The van der Waals surface area contributed by atoms with Crippen molar-refractivity contribution in [2.24, 2.45) is 0 Å². The van der Waals surface area contributed by atoms with E-state index in [1.807, 2.05) is 0 Å². The molecule has 23 heavy (non-hydrogen) atoms. The lowest BCUT2D eigenvalue weighted by molar-refractivity contribution is -0.137. The van der Waals surface area contributed by atoms with Gasteiger partial charge in [0.2, 0.25) is 0 Å². The predicted octanol–water partition coefficient (Wildman–Crippen LogP) is 4.40. The summed E-state index contributed by atoms with van der Waals surface area (Å²) < 4.78 is 39.6. The summed E-state index contributed by atoms with van der Waals surface area (Å²) in [7, 11) is 0. The molecule has 0 aliphatic heterocycles. The second kappa shape index (κ2) is 6.18. The van der Waals surface area contributed by atoms with E-state index in [9.17, 15) is 13.2 Å². The molecule has 122 valence electrons. The third-order valence-electron chi connectivity index (χ3n) is 4.19. The van der Waals surface area contributed by atoms with Crippen LogP contribution >= 0.6 is 0 Å². The Kier molecular flexibility index (Phi) is 4.24. The van der Waals surface area contributed by atoms with Gasteiger partial charge in [-0.2, -0.15) is 13.2 Å². The summed E-state index contributed by atoms with van der Waals surface area (Å²) in [6.45, 7) is 0. The van der Waals surface area contributed by atoms with E-state index in [0.29, 0.717) is 5.82 Å². The van der Waals surface area contributed by atoms with Crippen LogP contribution in [0.5, 0.6) is 0 Å². The smallest absolute Gasteiger partial charge is 0.383 e. The highest BCUT2D eigenvalue weighted by Gasteiger charge is 2.34. The number of aromatic nitrogens is 2. The van der Waals surface area contributed by atoms with Gasteiger partial charge in [0, 0.05) is 16.8 Å². The molecule has 0 spiro atoms.